The third kappa shape index (κ3) is 1.68. The molecule has 4 heteroatoms. The molecule has 13 heavy (non-hydrogen) atoms. The lowest BCUT2D eigenvalue weighted by molar-refractivity contribution is -0.715. The fraction of sp³-hybridized carbons (Fsp3) is 0.111. The van der Waals surface area contributed by atoms with Crippen molar-refractivity contribution in [1.29, 1.82) is 0 Å². The monoisotopic (exact) mass is 209 g/mol. The lowest BCUT2D eigenvalue weighted by Gasteiger charge is -1.90. The lowest BCUT2D eigenvalue weighted by Crippen LogP contribution is -2.31. The first-order valence-corrected chi connectivity index (χ1v) is 5.14. The summed E-state index contributed by atoms with van der Waals surface area (Å²) in [5.74, 6) is 0. The maximum Gasteiger partial charge on any atom is 0.294 e. The van der Waals surface area contributed by atoms with Crippen molar-refractivity contribution in [1.82, 2.24) is 5.10 Å². The van der Waals surface area contributed by atoms with Crippen LogP contribution in [-0.2, 0) is 7.05 Å². The van der Waals surface area contributed by atoms with Gasteiger partial charge in [0, 0.05) is 0 Å². The number of rotatable bonds is 1. The van der Waals surface area contributed by atoms with Gasteiger partial charge in [-0.1, -0.05) is 18.2 Å². The van der Waals surface area contributed by atoms with Crippen LogP contribution in [0.25, 0.3) is 10.6 Å². The molecule has 2 nitrogen and oxygen atoms in total. The standard InChI is InChI=1S/C9H8N2S2/c1-11-8(13-9(12)10-11)7-5-3-2-4-6-7/h2-6H,1H3/p+1. The van der Waals surface area contributed by atoms with Crippen molar-refractivity contribution in [3.63, 3.8) is 0 Å². The van der Waals surface area contributed by atoms with Crippen LogP contribution in [0.4, 0.5) is 0 Å². The molecule has 0 spiro atoms. The first-order valence-electron chi connectivity index (χ1n) is 3.92. The number of aromatic nitrogens is 2. The Morgan fingerprint density at radius 1 is 1.31 bits per heavy atom. The molecule has 2 aromatic rings. The third-order valence-corrected chi connectivity index (χ3v) is 3.09. The number of hydrogen-bond acceptors (Lipinski definition) is 2. The summed E-state index contributed by atoms with van der Waals surface area (Å²) in [6.07, 6.45) is 0. The van der Waals surface area contributed by atoms with Gasteiger partial charge in [0.05, 0.1) is 5.56 Å². The summed E-state index contributed by atoms with van der Waals surface area (Å²) in [5, 5.41) is 4.21. The van der Waals surface area contributed by atoms with Gasteiger partial charge in [0.1, 0.15) is 0 Å². The summed E-state index contributed by atoms with van der Waals surface area (Å²) in [6, 6.07) is 10.2. The molecule has 0 atom stereocenters. The predicted molar refractivity (Wildman–Crippen MR) is 56.1 cm³/mol. The van der Waals surface area contributed by atoms with Crippen molar-refractivity contribution in [2.75, 3.05) is 0 Å². The van der Waals surface area contributed by atoms with E-state index in [9.17, 15) is 0 Å². The molecular weight excluding hydrogens is 200 g/mol. The smallest absolute Gasteiger partial charge is 0.143 e. The zero-order chi connectivity index (χ0) is 9.26. The van der Waals surface area contributed by atoms with Crippen LogP contribution in [0.2, 0.25) is 0 Å². The first kappa shape index (κ1) is 8.59. The van der Waals surface area contributed by atoms with Crippen molar-refractivity contribution in [2.24, 2.45) is 7.05 Å². The van der Waals surface area contributed by atoms with E-state index in [1.54, 1.807) is 11.3 Å². The van der Waals surface area contributed by atoms with Gasteiger partial charge in [-0.15, -0.1) is 9.78 Å². The molecule has 0 saturated carbocycles. The fourth-order valence-electron chi connectivity index (χ4n) is 1.20. The highest BCUT2D eigenvalue weighted by atomic mass is 32.1. The Bertz CT molecular complexity index is 456. The summed E-state index contributed by atoms with van der Waals surface area (Å²) in [4.78, 5) is 0. The van der Waals surface area contributed by atoms with Gasteiger partial charge in [-0.3, -0.25) is 0 Å². The van der Waals surface area contributed by atoms with Crippen molar-refractivity contribution >= 4 is 23.6 Å². The highest BCUT2D eigenvalue weighted by Crippen LogP contribution is 2.18. The molecule has 0 aliphatic carbocycles. The predicted octanol–water partition coefficient (Wildman–Crippen LogP) is 2.30. The Balaban J connectivity index is 2.59. The molecule has 1 aromatic heterocycles. The molecule has 0 amide bonds. The molecule has 0 radical (unpaired) electrons. The number of benzene rings is 1. The molecule has 0 aliphatic heterocycles. The summed E-state index contributed by atoms with van der Waals surface area (Å²) in [5.41, 5.74) is 1.20. The molecule has 1 heterocycles. The minimum absolute atomic E-state index is 0.807. The summed E-state index contributed by atoms with van der Waals surface area (Å²) >= 11 is 6.65. The third-order valence-electron chi connectivity index (χ3n) is 1.77. The zero-order valence-electron chi connectivity index (χ0n) is 7.15. The van der Waals surface area contributed by atoms with E-state index < -0.39 is 0 Å². The van der Waals surface area contributed by atoms with Gasteiger partial charge in [0.2, 0.25) is 3.95 Å². The second-order valence-electron chi connectivity index (χ2n) is 2.73. The van der Waals surface area contributed by atoms with Gasteiger partial charge in [-0.25, -0.2) is 0 Å². The molecule has 1 aromatic carbocycles. The van der Waals surface area contributed by atoms with Crippen molar-refractivity contribution in [2.45, 2.75) is 0 Å². The van der Waals surface area contributed by atoms with Crippen LogP contribution < -0.4 is 4.68 Å². The largest absolute Gasteiger partial charge is 0.294 e. The average molecular weight is 209 g/mol. The maximum absolute atomic E-state index is 5.06. The van der Waals surface area contributed by atoms with Crippen LogP contribution in [0.1, 0.15) is 0 Å². The fourth-order valence-corrected chi connectivity index (χ4v) is 2.37. The topological polar surface area (TPSA) is 19.7 Å². The molecule has 0 saturated heterocycles. The first-order chi connectivity index (χ1) is 6.27. The normalized spacial score (nSPS) is 10.2. The number of hydrogen-bond donors (Lipinski definition) is 1. The Labute approximate surface area is 85.5 Å². The van der Waals surface area contributed by atoms with Gasteiger partial charge < -0.3 is 0 Å². The van der Waals surface area contributed by atoms with E-state index in [-0.39, 0.29) is 0 Å². The van der Waals surface area contributed by atoms with Gasteiger partial charge in [0.25, 0.3) is 5.01 Å². The Morgan fingerprint density at radius 3 is 2.54 bits per heavy atom. The van der Waals surface area contributed by atoms with Gasteiger partial charge >= 0.3 is 0 Å². The van der Waals surface area contributed by atoms with Crippen LogP contribution in [0.5, 0.6) is 0 Å². The highest BCUT2D eigenvalue weighted by Gasteiger charge is 2.11. The van der Waals surface area contributed by atoms with Crippen molar-refractivity contribution < 1.29 is 4.68 Å². The molecule has 0 bridgehead atoms. The van der Waals surface area contributed by atoms with Crippen molar-refractivity contribution in [3.05, 3.63) is 34.3 Å². The molecular formula is C9H9N2S2+. The number of aromatic amines is 1. The minimum atomic E-state index is 0.807. The Hall–Kier alpha value is -1.00. The van der Waals surface area contributed by atoms with Crippen molar-refractivity contribution in [3.8, 4) is 10.6 Å². The highest BCUT2D eigenvalue weighted by molar-refractivity contribution is 7.73. The van der Waals surface area contributed by atoms with Gasteiger partial charge in [-0.2, -0.15) is 0 Å². The molecule has 0 unspecified atom stereocenters. The number of aryl methyl sites for hydroxylation is 1. The van der Waals surface area contributed by atoms with E-state index in [1.165, 1.54) is 5.56 Å². The number of H-pyrrole nitrogens is 1. The van der Waals surface area contributed by atoms with Crippen LogP contribution in [0.15, 0.2) is 30.3 Å². The molecule has 66 valence electrons. The lowest BCUT2D eigenvalue weighted by atomic mass is 10.2. The van der Waals surface area contributed by atoms with Gasteiger partial charge in [0.15, 0.2) is 7.05 Å². The second kappa shape index (κ2) is 3.40. The van der Waals surface area contributed by atoms with E-state index in [0.717, 1.165) is 8.96 Å². The zero-order valence-corrected chi connectivity index (χ0v) is 8.78. The van der Waals surface area contributed by atoms with Crippen LogP contribution in [0, 0.1) is 3.95 Å². The summed E-state index contributed by atoms with van der Waals surface area (Å²) in [6.45, 7) is 0. The summed E-state index contributed by atoms with van der Waals surface area (Å²) < 4.78 is 2.75. The quantitative estimate of drug-likeness (QED) is 0.564. The minimum Gasteiger partial charge on any atom is -0.143 e. The second-order valence-corrected chi connectivity index (χ2v) is 4.40. The van der Waals surface area contributed by atoms with E-state index >= 15 is 0 Å². The van der Waals surface area contributed by atoms with E-state index in [1.807, 2.05) is 29.9 Å². The number of nitrogens with zero attached hydrogens (tertiary/aromatic N) is 1. The number of nitrogens with one attached hydrogen (secondary N) is 1. The van der Waals surface area contributed by atoms with Crippen LogP contribution in [0.3, 0.4) is 0 Å². The van der Waals surface area contributed by atoms with E-state index in [4.69, 9.17) is 12.2 Å². The summed E-state index contributed by atoms with van der Waals surface area (Å²) in [7, 11) is 1.97. The van der Waals surface area contributed by atoms with E-state index in [2.05, 4.69) is 17.2 Å². The molecule has 0 aliphatic rings. The van der Waals surface area contributed by atoms with Crippen LogP contribution in [-0.4, -0.2) is 5.10 Å². The SMILES string of the molecule is C[n+]1[nH]c(=S)sc1-c1ccccc1. The molecule has 0 fully saturated rings. The Morgan fingerprint density at radius 2 is 2.00 bits per heavy atom. The van der Waals surface area contributed by atoms with Crippen LogP contribution >= 0.6 is 23.6 Å². The Kier molecular flexibility index (Phi) is 2.24. The maximum atomic E-state index is 5.06. The molecule has 2 rings (SSSR count). The average Bonchev–Trinajstić information content (AvgIpc) is 2.47. The molecule has 1 N–H and O–H groups in total. The van der Waals surface area contributed by atoms with Gasteiger partial charge in [-0.05, 0) is 35.7 Å². The van der Waals surface area contributed by atoms with E-state index in [0.29, 0.717) is 0 Å².